The summed E-state index contributed by atoms with van der Waals surface area (Å²) in [5.41, 5.74) is 0.881. The van der Waals surface area contributed by atoms with Gasteiger partial charge in [0.1, 0.15) is 0 Å². The van der Waals surface area contributed by atoms with E-state index in [0.29, 0.717) is 12.3 Å². The van der Waals surface area contributed by atoms with E-state index in [2.05, 4.69) is 10.3 Å². The molecule has 2 aliphatic rings. The van der Waals surface area contributed by atoms with Gasteiger partial charge in [-0.15, -0.1) is 0 Å². The molecule has 0 aromatic carbocycles. The van der Waals surface area contributed by atoms with E-state index >= 15 is 0 Å². The Morgan fingerprint density at radius 1 is 1.30 bits per heavy atom. The Labute approximate surface area is 136 Å². The summed E-state index contributed by atoms with van der Waals surface area (Å²) in [7, 11) is 1.36. The Morgan fingerprint density at radius 3 is 2.70 bits per heavy atom. The maximum absolute atomic E-state index is 12.5. The molecule has 1 aromatic heterocycles. The zero-order valence-corrected chi connectivity index (χ0v) is 13.5. The maximum atomic E-state index is 12.5. The number of ether oxygens (including phenoxy) is 1. The van der Waals surface area contributed by atoms with Crippen molar-refractivity contribution in [3.63, 3.8) is 0 Å². The minimum Gasteiger partial charge on any atom is -0.469 e. The van der Waals surface area contributed by atoms with Crippen LogP contribution in [0, 0.1) is 17.8 Å². The van der Waals surface area contributed by atoms with E-state index in [1.807, 2.05) is 12.1 Å². The maximum Gasteiger partial charge on any atom is 0.307 e. The van der Waals surface area contributed by atoms with Crippen LogP contribution >= 0.6 is 0 Å². The number of aromatic nitrogens is 1. The van der Waals surface area contributed by atoms with E-state index in [0.717, 1.165) is 17.4 Å². The molecule has 0 aliphatic heterocycles. The fourth-order valence-electron chi connectivity index (χ4n) is 4.22. The molecule has 4 atom stereocenters. The third-order valence-electron chi connectivity index (χ3n) is 5.37. The number of hydrogen-bond donors (Lipinski definition) is 1. The highest BCUT2D eigenvalue weighted by atomic mass is 16.5. The number of methoxy groups -OCH3 is 1. The van der Waals surface area contributed by atoms with Crippen LogP contribution in [-0.2, 0) is 14.3 Å². The Hall–Kier alpha value is -1.91. The van der Waals surface area contributed by atoms with Gasteiger partial charge >= 0.3 is 5.97 Å². The van der Waals surface area contributed by atoms with Crippen molar-refractivity contribution in [2.75, 3.05) is 7.11 Å². The van der Waals surface area contributed by atoms with Crippen LogP contribution < -0.4 is 5.32 Å². The number of carbonyl (C=O) groups is 2. The second-order valence-corrected chi connectivity index (χ2v) is 6.82. The molecule has 0 radical (unpaired) electrons. The smallest absolute Gasteiger partial charge is 0.307 e. The summed E-state index contributed by atoms with van der Waals surface area (Å²) in [6.45, 7) is 0. The first-order valence-corrected chi connectivity index (χ1v) is 8.41. The fourth-order valence-corrected chi connectivity index (χ4v) is 4.22. The number of nitrogens with one attached hydrogen (secondary N) is 1. The molecular weight excluding hydrogens is 292 g/mol. The molecule has 2 bridgehead atoms. The van der Waals surface area contributed by atoms with Crippen molar-refractivity contribution in [2.45, 2.75) is 44.6 Å². The third-order valence-corrected chi connectivity index (χ3v) is 5.37. The Bertz CT molecular complexity index is 561. The van der Waals surface area contributed by atoms with Crippen LogP contribution in [0.4, 0.5) is 0 Å². The average molecular weight is 316 g/mol. The van der Waals surface area contributed by atoms with E-state index in [9.17, 15) is 9.59 Å². The Balaban J connectivity index is 1.61. The molecule has 1 heterocycles. The van der Waals surface area contributed by atoms with Gasteiger partial charge in [-0.05, 0) is 54.7 Å². The monoisotopic (exact) mass is 316 g/mol. The SMILES string of the molecule is COC(=O)CC(NC(=O)CC1CC2CCC1C2)c1ccncc1. The summed E-state index contributed by atoms with van der Waals surface area (Å²) in [4.78, 5) is 28.1. The zero-order valence-electron chi connectivity index (χ0n) is 13.5. The van der Waals surface area contributed by atoms with Crippen LogP contribution in [0.1, 0.15) is 50.1 Å². The van der Waals surface area contributed by atoms with Crippen LogP contribution in [0.3, 0.4) is 0 Å². The van der Waals surface area contributed by atoms with Crippen molar-refractivity contribution in [1.82, 2.24) is 10.3 Å². The summed E-state index contributed by atoms with van der Waals surface area (Å²) >= 11 is 0. The Kier molecular flexibility index (Phi) is 4.94. The van der Waals surface area contributed by atoms with Crippen molar-refractivity contribution >= 4 is 11.9 Å². The molecule has 3 rings (SSSR count). The summed E-state index contributed by atoms with van der Waals surface area (Å²) in [5, 5.41) is 3.02. The van der Waals surface area contributed by atoms with Crippen LogP contribution in [0.2, 0.25) is 0 Å². The third kappa shape index (κ3) is 3.89. The minimum atomic E-state index is -0.350. The molecule has 2 saturated carbocycles. The van der Waals surface area contributed by atoms with E-state index in [1.165, 1.54) is 32.8 Å². The fraction of sp³-hybridized carbons (Fsp3) is 0.611. The van der Waals surface area contributed by atoms with Crippen molar-refractivity contribution < 1.29 is 14.3 Å². The lowest BCUT2D eigenvalue weighted by atomic mass is 9.86. The lowest BCUT2D eigenvalue weighted by Gasteiger charge is -2.23. The first-order valence-electron chi connectivity index (χ1n) is 8.41. The highest BCUT2D eigenvalue weighted by Gasteiger charge is 2.40. The van der Waals surface area contributed by atoms with Crippen LogP contribution in [0.15, 0.2) is 24.5 Å². The highest BCUT2D eigenvalue weighted by molar-refractivity contribution is 5.78. The van der Waals surface area contributed by atoms with E-state index < -0.39 is 0 Å². The number of carbonyl (C=O) groups excluding carboxylic acids is 2. The van der Waals surface area contributed by atoms with Gasteiger partial charge < -0.3 is 10.1 Å². The van der Waals surface area contributed by atoms with E-state index in [1.54, 1.807) is 12.4 Å². The average Bonchev–Trinajstić information content (AvgIpc) is 3.17. The van der Waals surface area contributed by atoms with Gasteiger partial charge in [0.2, 0.25) is 5.91 Å². The van der Waals surface area contributed by atoms with E-state index in [-0.39, 0.29) is 24.3 Å². The van der Waals surface area contributed by atoms with Gasteiger partial charge in [0.15, 0.2) is 0 Å². The van der Waals surface area contributed by atoms with Gasteiger partial charge in [0.25, 0.3) is 0 Å². The number of esters is 1. The van der Waals surface area contributed by atoms with Crippen molar-refractivity contribution in [3.8, 4) is 0 Å². The quantitative estimate of drug-likeness (QED) is 0.819. The standard InChI is InChI=1S/C18H24N2O3/c1-23-18(22)11-16(13-4-6-19-7-5-13)20-17(21)10-15-9-12-2-3-14(15)8-12/h4-7,12,14-16H,2-3,8-11H2,1H3,(H,20,21). The first-order chi connectivity index (χ1) is 11.2. The van der Waals surface area contributed by atoms with Crippen molar-refractivity contribution in [3.05, 3.63) is 30.1 Å². The molecule has 1 amide bonds. The molecule has 5 heteroatoms. The van der Waals surface area contributed by atoms with Gasteiger partial charge in [0, 0.05) is 18.8 Å². The van der Waals surface area contributed by atoms with Crippen LogP contribution in [0.25, 0.3) is 0 Å². The second-order valence-electron chi connectivity index (χ2n) is 6.82. The predicted molar refractivity (Wildman–Crippen MR) is 85.3 cm³/mol. The van der Waals surface area contributed by atoms with Crippen molar-refractivity contribution in [1.29, 1.82) is 0 Å². The Morgan fingerprint density at radius 2 is 2.09 bits per heavy atom. The number of fused-ring (bicyclic) bond motifs is 2. The van der Waals surface area contributed by atoms with Gasteiger partial charge in [-0.2, -0.15) is 0 Å². The predicted octanol–water partition coefficient (Wildman–Crippen LogP) is 2.63. The molecule has 124 valence electrons. The molecule has 1 aromatic rings. The topological polar surface area (TPSA) is 68.3 Å². The number of nitrogens with zero attached hydrogens (tertiary/aromatic N) is 1. The largest absolute Gasteiger partial charge is 0.469 e. The van der Waals surface area contributed by atoms with Gasteiger partial charge in [-0.25, -0.2) is 0 Å². The van der Waals surface area contributed by atoms with Gasteiger partial charge in [-0.1, -0.05) is 6.42 Å². The van der Waals surface area contributed by atoms with Gasteiger partial charge in [-0.3, -0.25) is 14.6 Å². The molecule has 4 unspecified atom stereocenters. The molecular formula is C18H24N2O3. The summed E-state index contributed by atoms with van der Waals surface area (Å²) in [6, 6.07) is 3.30. The number of amides is 1. The molecule has 1 N–H and O–H groups in total. The lowest BCUT2D eigenvalue weighted by molar-refractivity contribution is -0.141. The minimum absolute atomic E-state index is 0.0354. The summed E-state index contributed by atoms with van der Waals surface area (Å²) < 4.78 is 4.75. The van der Waals surface area contributed by atoms with Gasteiger partial charge in [0.05, 0.1) is 19.6 Å². The van der Waals surface area contributed by atoms with Crippen molar-refractivity contribution in [2.24, 2.45) is 17.8 Å². The summed E-state index contributed by atoms with van der Waals surface area (Å²) in [6.07, 6.45) is 9.16. The van der Waals surface area contributed by atoms with Crippen LogP contribution in [0.5, 0.6) is 0 Å². The lowest BCUT2D eigenvalue weighted by Crippen LogP contribution is -2.32. The normalized spacial score (nSPS) is 26.7. The molecule has 0 spiro atoms. The molecule has 0 saturated heterocycles. The number of rotatable bonds is 6. The zero-order chi connectivity index (χ0) is 16.2. The molecule has 2 fully saturated rings. The summed E-state index contributed by atoms with van der Waals surface area (Å²) in [5.74, 6) is 1.79. The first kappa shape index (κ1) is 16.0. The molecule has 23 heavy (non-hydrogen) atoms. The van der Waals surface area contributed by atoms with Crippen LogP contribution in [-0.4, -0.2) is 24.0 Å². The second kappa shape index (κ2) is 7.11. The number of pyridine rings is 1. The highest BCUT2D eigenvalue weighted by Crippen LogP contribution is 2.49. The number of hydrogen-bond acceptors (Lipinski definition) is 4. The van der Waals surface area contributed by atoms with E-state index in [4.69, 9.17) is 4.74 Å². The molecule has 2 aliphatic carbocycles. The molecule has 5 nitrogen and oxygen atoms in total.